The zero-order valence-corrected chi connectivity index (χ0v) is 17.0. The Morgan fingerprint density at radius 3 is 2.48 bits per heavy atom. The third kappa shape index (κ3) is 5.28. The van der Waals surface area contributed by atoms with E-state index in [1.165, 1.54) is 4.31 Å². The van der Waals surface area contributed by atoms with E-state index in [2.05, 4.69) is 17.6 Å². The molecule has 7 nitrogen and oxygen atoms in total. The topological polar surface area (TPSA) is 81.8 Å². The summed E-state index contributed by atoms with van der Waals surface area (Å²) in [5.41, 5.74) is 1.04. The summed E-state index contributed by atoms with van der Waals surface area (Å²) in [6.45, 7) is 7.29. The Hall–Kier alpha value is -1.48. The van der Waals surface area contributed by atoms with Gasteiger partial charge in [-0.05, 0) is 45.4 Å². The lowest BCUT2D eigenvalue weighted by Crippen LogP contribution is -2.53. The van der Waals surface area contributed by atoms with Crippen LogP contribution in [0.1, 0.15) is 25.3 Å². The second-order valence-electron chi connectivity index (χ2n) is 7.64. The molecule has 0 radical (unpaired) electrons. The van der Waals surface area contributed by atoms with E-state index in [9.17, 15) is 13.2 Å². The van der Waals surface area contributed by atoms with Crippen LogP contribution in [0, 0.1) is 6.92 Å². The van der Waals surface area contributed by atoms with E-state index in [0.29, 0.717) is 43.7 Å². The van der Waals surface area contributed by atoms with Crippen LogP contribution in [0.3, 0.4) is 0 Å². The van der Waals surface area contributed by atoms with Gasteiger partial charge in [-0.15, -0.1) is 0 Å². The van der Waals surface area contributed by atoms with Gasteiger partial charge in [0.05, 0.1) is 11.4 Å². The van der Waals surface area contributed by atoms with Crippen LogP contribution in [0.4, 0.5) is 0 Å². The summed E-state index contributed by atoms with van der Waals surface area (Å²) in [5.74, 6) is 0.0314. The molecule has 27 heavy (non-hydrogen) atoms. The summed E-state index contributed by atoms with van der Waals surface area (Å²) in [6.07, 6.45) is 1.91. The van der Waals surface area contributed by atoms with Crippen molar-refractivity contribution in [3.8, 4) is 0 Å². The summed E-state index contributed by atoms with van der Waals surface area (Å²) >= 11 is 0. The molecule has 0 saturated carbocycles. The normalized spacial score (nSPS) is 25.3. The molecule has 1 aromatic rings. The summed E-state index contributed by atoms with van der Waals surface area (Å²) in [4.78, 5) is 14.7. The number of amides is 1. The molecule has 2 unspecified atom stereocenters. The molecular formula is C19H30N4O3S. The van der Waals surface area contributed by atoms with Gasteiger partial charge >= 0.3 is 0 Å². The number of carbonyl (C=O) groups excluding carboxylic acids is 1. The maximum Gasteiger partial charge on any atom is 0.243 e. The SMILES string of the molecule is Cc1ccc(S(=O)(=O)N2CCN(CC(=O)NC3CCNC(C)C3)CC2)cc1. The van der Waals surface area contributed by atoms with Crippen molar-refractivity contribution in [1.82, 2.24) is 19.8 Å². The fourth-order valence-corrected chi connectivity index (χ4v) is 5.15. The molecule has 0 aromatic heterocycles. The fraction of sp³-hybridized carbons (Fsp3) is 0.632. The molecular weight excluding hydrogens is 364 g/mol. The second-order valence-corrected chi connectivity index (χ2v) is 9.58. The van der Waals surface area contributed by atoms with Crippen LogP contribution in [0.25, 0.3) is 0 Å². The summed E-state index contributed by atoms with van der Waals surface area (Å²) in [7, 11) is -3.46. The number of hydrogen-bond donors (Lipinski definition) is 2. The van der Waals surface area contributed by atoms with E-state index in [1.807, 2.05) is 24.0 Å². The van der Waals surface area contributed by atoms with E-state index >= 15 is 0 Å². The Balaban J connectivity index is 1.48. The highest BCUT2D eigenvalue weighted by molar-refractivity contribution is 7.89. The molecule has 2 saturated heterocycles. The average Bonchev–Trinajstić information content (AvgIpc) is 2.62. The Bertz CT molecular complexity index is 743. The van der Waals surface area contributed by atoms with Crippen LogP contribution in [0.5, 0.6) is 0 Å². The molecule has 2 N–H and O–H groups in total. The third-order valence-electron chi connectivity index (χ3n) is 5.35. The van der Waals surface area contributed by atoms with Gasteiger partial charge < -0.3 is 10.6 Å². The lowest BCUT2D eigenvalue weighted by Gasteiger charge is -2.34. The molecule has 3 rings (SSSR count). The van der Waals surface area contributed by atoms with Gasteiger partial charge in [-0.2, -0.15) is 4.31 Å². The number of rotatable bonds is 5. The van der Waals surface area contributed by atoms with Crippen molar-refractivity contribution in [3.63, 3.8) is 0 Å². The minimum atomic E-state index is -3.46. The second kappa shape index (κ2) is 8.68. The van der Waals surface area contributed by atoms with Gasteiger partial charge in [-0.1, -0.05) is 17.7 Å². The van der Waals surface area contributed by atoms with Gasteiger partial charge in [0.2, 0.25) is 15.9 Å². The Labute approximate surface area is 162 Å². The first kappa shape index (κ1) is 20.3. The lowest BCUT2D eigenvalue weighted by molar-refractivity contribution is -0.123. The van der Waals surface area contributed by atoms with Gasteiger partial charge in [-0.3, -0.25) is 9.69 Å². The van der Waals surface area contributed by atoms with Crippen LogP contribution in [0.15, 0.2) is 29.2 Å². The number of nitrogens with zero attached hydrogens (tertiary/aromatic N) is 2. The smallest absolute Gasteiger partial charge is 0.243 e. The van der Waals surface area contributed by atoms with Crippen molar-refractivity contribution in [2.24, 2.45) is 0 Å². The molecule has 2 atom stereocenters. The van der Waals surface area contributed by atoms with Crippen LogP contribution in [0.2, 0.25) is 0 Å². The Morgan fingerprint density at radius 1 is 1.19 bits per heavy atom. The number of sulfonamides is 1. The number of nitrogens with one attached hydrogen (secondary N) is 2. The molecule has 2 fully saturated rings. The third-order valence-corrected chi connectivity index (χ3v) is 7.26. The van der Waals surface area contributed by atoms with Crippen LogP contribution < -0.4 is 10.6 Å². The first-order chi connectivity index (χ1) is 12.8. The zero-order valence-electron chi connectivity index (χ0n) is 16.1. The number of aryl methyl sites for hydroxylation is 1. The quantitative estimate of drug-likeness (QED) is 0.763. The number of benzene rings is 1. The molecule has 2 heterocycles. The van der Waals surface area contributed by atoms with Gasteiger partial charge in [0.25, 0.3) is 0 Å². The van der Waals surface area contributed by atoms with Crippen molar-refractivity contribution in [2.75, 3.05) is 39.3 Å². The van der Waals surface area contributed by atoms with Gasteiger partial charge in [0, 0.05) is 38.3 Å². The van der Waals surface area contributed by atoms with Crippen molar-refractivity contribution in [2.45, 2.75) is 43.7 Å². The molecule has 0 spiro atoms. The highest BCUT2D eigenvalue weighted by Crippen LogP contribution is 2.18. The van der Waals surface area contributed by atoms with E-state index < -0.39 is 10.0 Å². The summed E-state index contributed by atoms with van der Waals surface area (Å²) < 4.78 is 27.0. The first-order valence-corrected chi connectivity index (χ1v) is 11.1. The lowest BCUT2D eigenvalue weighted by atomic mass is 10.0. The maximum atomic E-state index is 12.7. The molecule has 150 valence electrons. The Morgan fingerprint density at radius 2 is 1.85 bits per heavy atom. The predicted molar refractivity (Wildman–Crippen MR) is 105 cm³/mol. The molecule has 1 aromatic carbocycles. The van der Waals surface area contributed by atoms with Gasteiger partial charge in [0.1, 0.15) is 0 Å². The zero-order chi connectivity index (χ0) is 19.4. The molecule has 0 bridgehead atoms. The van der Waals surface area contributed by atoms with Gasteiger partial charge in [0.15, 0.2) is 0 Å². The van der Waals surface area contributed by atoms with Crippen molar-refractivity contribution in [1.29, 1.82) is 0 Å². The molecule has 2 aliphatic rings. The standard InChI is InChI=1S/C19H30N4O3S/c1-15-3-5-18(6-4-15)27(25,26)23-11-9-22(10-12-23)14-19(24)21-17-7-8-20-16(2)13-17/h3-6,16-17,20H,7-14H2,1-2H3,(H,21,24). The Kier molecular flexibility index (Phi) is 6.52. The largest absolute Gasteiger partial charge is 0.352 e. The number of piperidine rings is 1. The van der Waals surface area contributed by atoms with Crippen molar-refractivity contribution < 1.29 is 13.2 Å². The maximum absolute atomic E-state index is 12.7. The van der Waals surface area contributed by atoms with E-state index in [0.717, 1.165) is 24.9 Å². The number of hydrogen-bond acceptors (Lipinski definition) is 5. The molecule has 1 amide bonds. The highest BCUT2D eigenvalue weighted by Gasteiger charge is 2.29. The first-order valence-electron chi connectivity index (χ1n) is 9.66. The number of carbonyl (C=O) groups is 1. The van der Waals surface area contributed by atoms with Crippen LogP contribution in [-0.2, 0) is 14.8 Å². The highest BCUT2D eigenvalue weighted by atomic mass is 32.2. The monoisotopic (exact) mass is 394 g/mol. The van der Waals surface area contributed by atoms with Crippen molar-refractivity contribution >= 4 is 15.9 Å². The summed E-state index contributed by atoms with van der Waals surface area (Å²) in [6, 6.07) is 7.61. The average molecular weight is 395 g/mol. The minimum absolute atomic E-state index is 0.0314. The molecule has 0 aliphatic carbocycles. The van der Waals surface area contributed by atoms with E-state index in [-0.39, 0.29) is 11.9 Å². The summed E-state index contributed by atoms with van der Waals surface area (Å²) in [5, 5.41) is 6.49. The fourth-order valence-electron chi connectivity index (χ4n) is 3.73. The van der Waals surface area contributed by atoms with E-state index in [1.54, 1.807) is 12.1 Å². The van der Waals surface area contributed by atoms with Crippen LogP contribution >= 0.6 is 0 Å². The van der Waals surface area contributed by atoms with Crippen LogP contribution in [-0.4, -0.2) is 74.9 Å². The minimum Gasteiger partial charge on any atom is -0.352 e. The predicted octanol–water partition coefficient (Wildman–Crippen LogP) is 0.558. The molecule has 2 aliphatic heterocycles. The number of piperazine rings is 1. The van der Waals surface area contributed by atoms with E-state index in [4.69, 9.17) is 0 Å². The molecule has 8 heteroatoms. The van der Waals surface area contributed by atoms with Gasteiger partial charge in [-0.25, -0.2) is 8.42 Å². The van der Waals surface area contributed by atoms with Crippen molar-refractivity contribution in [3.05, 3.63) is 29.8 Å².